The van der Waals surface area contributed by atoms with E-state index in [-0.39, 0.29) is 15.9 Å². The lowest BCUT2D eigenvalue weighted by molar-refractivity contribution is 0.256. The number of amides is 2. The monoisotopic (exact) mass is 498 g/mol. The highest BCUT2D eigenvalue weighted by Gasteiger charge is 2.22. The Kier molecular flexibility index (Phi) is 6.14. The summed E-state index contributed by atoms with van der Waals surface area (Å²) in [6, 6.07) is 7.05. The van der Waals surface area contributed by atoms with Gasteiger partial charge in [0, 0.05) is 6.20 Å². The third-order valence-electron chi connectivity index (χ3n) is 3.43. The summed E-state index contributed by atoms with van der Waals surface area (Å²) in [6.45, 7) is 3.58. The average molecular weight is 500 g/mol. The van der Waals surface area contributed by atoms with Crippen LogP contribution in [0.3, 0.4) is 0 Å². The number of sulfonamides is 1. The fourth-order valence-electron chi connectivity index (χ4n) is 2.17. The molecule has 0 saturated heterocycles. The van der Waals surface area contributed by atoms with Gasteiger partial charge in [0.25, 0.3) is 10.0 Å². The van der Waals surface area contributed by atoms with E-state index in [4.69, 9.17) is 11.6 Å². The first-order valence-corrected chi connectivity index (χ1v) is 11.2. The average Bonchev–Trinajstić information content (AvgIpc) is 3.17. The molecule has 11 heteroatoms. The fraction of sp³-hybridized carbons (Fsp3) is 0. The Morgan fingerprint density at radius 3 is 2.79 bits per heavy atom. The molecule has 1 aromatic carbocycles. The molecule has 3 aromatic rings. The van der Waals surface area contributed by atoms with Gasteiger partial charge in [0.05, 0.1) is 20.1 Å². The highest BCUT2D eigenvalue weighted by Crippen LogP contribution is 2.30. The van der Waals surface area contributed by atoms with Crippen molar-refractivity contribution in [2.45, 2.75) is 4.90 Å². The van der Waals surface area contributed by atoms with Crippen molar-refractivity contribution in [2.24, 2.45) is 0 Å². The first kappa shape index (κ1) is 20.5. The maximum Gasteiger partial charge on any atom is 0.335 e. The number of thiophene rings is 1. The summed E-state index contributed by atoms with van der Waals surface area (Å²) in [5, 5.41) is 4.18. The third-order valence-corrected chi connectivity index (χ3v) is 6.70. The fourth-order valence-corrected chi connectivity index (χ4v) is 4.88. The SMILES string of the molecule is C=Cc1ccc(Cl)c(S(=O)(=O)NC(=O)Nc2ncc(Br)c(-c3cccs3)n2)c1. The van der Waals surface area contributed by atoms with Crippen LogP contribution in [0.15, 0.2) is 57.9 Å². The van der Waals surface area contributed by atoms with E-state index >= 15 is 0 Å². The van der Waals surface area contributed by atoms with Gasteiger partial charge in [-0.1, -0.05) is 36.4 Å². The molecule has 0 spiro atoms. The maximum absolute atomic E-state index is 12.5. The Bertz CT molecular complexity index is 1150. The molecule has 0 aliphatic carbocycles. The van der Waals surface area contributed by atoms with Crippen molar-refractivity contribution in [3.8, 4) is 10.6 Å². The van der Waals surface area contributed by atoms with E-state index in [1.54, 1.807) is 6.07 Å². The zero-order valence-corrected chi connectivity index (χ0v) is 18.0. The lowest BCUT2D eigenvalue weighted by Gasteiger charge is -2.10. The molecule has 0 fully saturated rings. The number of nitrogens with one attached hydrogen (secondary N) is 2. The number of anilines is 1. The number of benzene rings is 1. The Hall–Kier alpha value is -2.27. The minimum absolute atomic E-state index is 0.0224. The summed E-state index contributed by atoms with van der Waals surface area (Å²) >= 11 is 10.8. The van der Waals surface area contributed by atoms with E-state index < -0.39 is 16.1 Å². The van der Waals surface area contributed by atoms with E-state index in [1.165, 1.54) is 35.7 Å². The molecule has 0 atom stereocenters. The van der Waals surface area contributed by atoms with Crippen molar-refractivity contribution >= 4 is 66.9 Å². The molecule has 2 amide bonds. The molecule has 2 heterocycles. The molecule has 7 nitrogen and oxygen atoms in total. The molecule has 0 radical (unpaired) electrons. The summed E-state index contributed by atoms with van der Waals surface area (Å²) < 4.78 is 27.5. The van der Waals surface area contributed by atoms with Crippen LogP contribution in [0.25, 0.3) is 16.6 Å². The molecule has 2 aromatic heterocycles. The van der Waals surface area contributed by atoms with Crippen molar-refractivity contribution in [1.29, 1.82) is 0 Å². The van der Waals surface area contributed by atoms with Crippen LogP contribution in [0.4, 0.5) is 10.7 Å². The zero-order chi connectivity index (χ0) is 20.3. The summed E-state index contributed by atoms with van der Waals surface area (Å²) in [7, 11) is -4.21. The standard InChI is InChI=1S/C17H12BrClN4O3S2/c1-2-10-5-6-12(19)14(8-10)28(25,26)23-17(24)22-16-20-9-11(18)15(21-16)13-4-3-7-27-13/h2-9H,1H2,(H2,20,21,22,23,24). The minimum atomic E-state index is -4.21. The van der Waals surface area contributed by atoms with Crippen LogP contribution in [0.2, 0.25) is 5.02 Å². The topological polar surface area (TPSA) is 101 Å². The van der Waals surface area contributed by atoms with Crippen molar-refractivity contribution in [2.75, 3.05) is 5.32 Å². The Labute approximate surface area is 178 Å². The summed E-state index contributed by atoms with van der Waals surface area (Å²) in [6.07, 6.45) is 2.94. The first-order chi connectivity index (χ1) is 13.3. The second-order valence-corrected chi connectivity index (χ2v) is 9.18. The lowest BCUT2D eigenvalue weighted by Crippen LogP contribution is -2.35. The Morgan fingerprint density at radius 2 is 2.11 bits per heavy atom. The predicted molar refractivity (Wildman–Crippen MR) is 114 cm³/mol. The lowest BCUT2D eigenvalue weighted by atomic mass is 10.2. The smallest absolute Gasteiger partial charge is 0.275 e. The van der Waals surface area contributed by atoms with Crippen LogP contribution in [-0.4, -0.2) is 24.4 Å². The van der Waals surface area contributed by atoms with Gasteiger partial charge in [-0.15, -0.1) is 11.3 Å². The van der Waals surface area contributed by atoms with Gasteiger partial charge in [-0.3, -0.25) is 5.32 Å². The van der Waals surface area contributed by atoms with E-state index in [1.807, 2.05) is 22.2 Å². The van der Waals surface area contributed by atoms with Crippen molar-refractivity contribution in [1.82, 2.24) is 14.7 Å². The molecular formula is C17H12BrClN4O3S2. The second-order valence-electron chi connectivity index (χ2n) is 5.32. The normalized spacial score (nSPS) is 11.1. The number of aromatic nitrogens is 2. The summed E-state index contributed by atoms with van der Waals surface area (Å²) in [4.78, 5) is 21.0. The summed E-state index contributed by atoms with van der Waals surface area (Å²) in [5.41, 5.74) is 1.12. The van der Waals surface area contributed by atoms with Gasteiger partial charge in [-0.05, 0) is 45.1 Å². The molecule has 144 valence electrons. The van der Waals surface area contributed by atoms with Crippen LogP contribution in [0, 0.1) is 0 Å². The van der Waals surface area contributed by atoms with Crippen LogP contribution in [-0.2, 0) is 10.0 Å². The van der Waals surface area contributed by atoms with Crippen LogP contribution < -0.4 is 10.0 Å². The van der Waals surface area contributed by atoms with Gasteiger partial charge < -0.3 is 0 Å². The number of hydrogen-bond acceptors (Lipinski definition) is 6. The molecule has 0 unspecified atom stereocenters. The van der Waals surface area contributed by atoms with Gasteiger partial charge in [-0.2, -0.15) is 0 Å². The van der Waals surface area contributed by atoms with Gasteiger partial charge in [0.1, 0.15) is 4.90 Å². The number of halogens is 2. The Balaban J connectivity index is 1.81. The molecule has 28 heavy (non-hydrogen) atoms. The van der Waals surface area contributed by atoms with Gasteiger partial charge in [0.2, 0.25) is 5.95 Å². The number of carbonyl (C=O) groups excluding carboxylic acids is 1. The van der Waals surface area contributed by atoms with Gasteiger partial charge in [-0.25, -0.2) is 27.9 Å². The third kappa shape index (κ3) is 4.58. The summed E-state index contributed by atoms with van der Waals surface area (Å²) in [5.74, 6) is -0.0507. The molecule has 0 aliphatic heterocycles. The highest BCUT2D eigenvalue weighted by molar-refractivity contribution is 9.10. The maximum atomic E-state index is 12.5. The van der Waals surface area contributed by atoms with Crippen LogP contribution in [0.5, 0.6) is 0 Å². The number of nitrogens with zero attached hydrogens (tertiary/aromatic N) is 2. The molecular weight excluding hydrogens is 488 g/mol. The zero-order valence-electron chi connectivity index (χ0n) is 14.0. The molecule has 0 aliphatic rings. The Morgan fingerprint density at radius 1 is 1.32 bits per heavy atom. The van der Waals surface area contributed by atoms with E-state index in [0.717, 1.165) is 4.88 Å². The quantitative estimate of drug-likeness (QED) is 0.526. The van der Waals surface area contributed by atoms with Crippen molar-refractivity contribution < 1.29 is 13.2 Å². The minimum Gasteiger partial charge on any atom is -0.275 e. The number of rotatable bonds is 5. The molecule has 2 N–H and O–H groups in total. The number of carbonyl (C=O) groups is 1. The highest BCUT2D eigenvalue weighted by atomic mass is 79.9. The van der Waals surface area contributed by atoms with E-state index in [9.17, 15) is 13.2 Å². The van der Waals surface area contributed by atoms with Crippen molar-refractivity contribution in [3.63, 3.8) is 0 Å². The molecule has 0 bridgehead atoms. The molecule has 3 rings (SSSR count). The largest absolute Gasteiger partial charge is 0.335 e. The number of hydrogen-bond donors (Lipinski definition) is 2. The first-order valence-electron chi connectivity index (χ1n) is 7.62. The second kappa shape index (κ2) is 8.39. The molecule has 0 saturated carbocycles. The van der Waals surface area contributed by atoms with Gasteiger partial charge in [0.15, 0.2) is 0 Å². The van der Waals surface area contributed by atoms with E-state index in [0.29, 0.717) is 15.7 Å². The van der Waals surface area contributed by atoms with Crippen LogP contribution in [0.1, 0.15) is 5.56 Å². The number of urea groups is 1. The van der Waals surface area contributed by atoms with Crippen molar-refractivity contribution in [3.05, 3.63) is 63.5 Å². The van der Waals surface area contributed by atoms with Crippen LogP contribution >= 0.6 is 38.9 Å². The van der Waals surface area contributed by atoms with Gasteiger partial charge >= 0.3 is 6.03 Å². The van der Waals surface area contributed by atoms with E-state index in [2.05, 4.69) is 37.8 Å². The predicted octanol–water partition coefficient (Wildman–Crippen LogP) is 4.77.